The lowest BCUT2D eigenvalue weighted by Gasteiger charge is -2.02. The number of aromatic nitrogens is 1. The van der Waals surface area contributed by atoms with E-state index in [9.17, 15) is 0 Å². The number of nitriles is 2. The minimum atomic E-state index is 0.0354. The van der Waals surface area contributed by atoms with Gasteiger partial charge in [-0.05, 0) is 18.6 Å². The molecule has 0 bridgehead atoms. The van der Waals surface area contributed by atoms with Crippen LogP contribution in [0.5, 0.6) is 0 Å². The smallest absolute Gasteiger partial charge is 0.145 e. The van der Waals surface area contributed by atoms with Crippen molar-refractivity contribution in [3.8, 4) is 12.1 Å². The highest BCUT2D eigenvalue weighted by Gasteiger charge is 1.95. The van der Waals surface area contributed by atoms with Crippen LogP contribution < -0.4 is 5.32 Å². The minimum absolute atomic E-state index is 0.0354. The molecule has 0 amide bonds. The molecule has 0 spiro atoms. The van der Waals surface area contributed by atoms with Gasteiger partial charge in [-0.1, -0.05) is 0 Å². The van der Waals surface area contributed by atoms with Crippen LogP contribution in [0.2, 0.25) is 0 Å². The average molecular weight is 184 g/mol. The van der Waals surface area contributed by atoms with Crippen molar-refractivity contribution in [1.29, 1.82) is 10.5 Å². The van der Waals surface area contributed by atoms with Crippen LogP contribution in [-0.4, -0.2) is 4.98 Å². The van der Waals surface area contributed by atoms with Crippen molar-refractivity contribution >= 4 is 5.69 Å². The molecule has 0 aliphatic carbocycles. The van der Waals surface area contributed by atoms with Gasteiger partial charge >= 0.3 is 0 Å². The second-order valence-electron chi connectivity index (χ2n) is 2.62. The summed E-state index contributed by atoms with van der Waals surface area (Å²) in [7, 11) is 0. The fourth-order valence-corrected chi connectivity index (χ4v) is 0.855. The van der Waals surface area contributed by atoms with E-state index >= 15 is 0 Å². The number of nitrogens with zero attached hydrogens (tertiary/aromatic N) is 3. The Morgan fingerprint density at radius 3 is 2.79 bits per heavy atom. The summed E-state index contributed by atoms with van der Waals surface area (Å²) in [6.45, 7) is 1.91. The predicted octanol–water partition coefficient (Wildman–Crippen LogP) is 1.73. The Balaban J connectivity index is 2.83. The molecule has 0 saturated heterocycles. The number of aryl methyl sites for hydroxylation is 1. The Morgan fingerprint density at radius 1 is 1.50 bits per heavy atom. The number of hydrogen-bond donors (Lipinski definition) is 1. The van der Waals surface area contributed by atoms with Crippen LogP contribution in [-0.2, 0) is 0 Å². The van der Waals surface area contributed by atoms with Gasteiger partial charge in [0.05, 0.1) is 11.9 Å². The molecule has 0 fully saturated rings. The van der Waals surface area contributed by atoms with Crippen molar-refractivity contribution < 1.29 is 0 Å². The Kier molecular flexibility index (Phi) is 3.23. The summed E-state index contributed by atoms with van der Waals surface area (Å²) in [5, 5.41) is 19.8. The molecule has 1 N–H and O–H groups in total. The lowest BCUT2D eigenvalue weighted by Crippen LogP contribution is -1.93. The zero-order valence-corrected chi connectivity index (χ0v) is 7.65. The molecule has 0 aromatic carbocycles. The molecule has 4 nitrogen and oxygen atoms in total. The SMILES string of the molecule is Cc1ccncc1NC=C(C#N)C#N. The maximum atomic E-state index is 8.48. The van der Waals surface area contributed by atoms with Crippen molar-refractivity contribution in [2.75, 3.05) is 5.32 Å². The highest BCUT2D eigenvalue weighted by atomic mass is 14.9. The lowest BCUT2D eigenvalue weighted by molar-refractivity contribution is 1.28. The van der Waals surface area contributed by atoms with E-state index in [4.69, 9.17) is 10.5 Å². The molecule has 14 heavy (non-hydrogen) atoms. The van der Waals surface area contributed by atoms with Gasteiger partial charge in [-0.15, -0.1) is 0 Å². The third-order valence-corrected chi connectivity index (χ3v) is 1.65. The van der Waals surface area contributed by atoms with E-state index in [0.717, 1.165) is 11.3 Å². The number of anilines is 1. The molecular weight excluding hydrogens is 176 g/mol. The van der Waals surface area contributed by atoms with E-state index in [1.165, 1.54) is 6.20 Å². The van der Waals surface area contributed by atoms with Gasteiger partial charge in [0, 0.05) is 12.4 Å². The zero-order valence-electron chi connectivity index (χ0n) is 7.65. The molecule has 0 aliphatic rings. The molecule has 0 aliphatic heterocycles. The molecule has 1 rings (SSSR count). The van der Waals surface area contributed by atoms with Crippen molar-refractivity contribution in [2.45, 2.75) is 6.92 Å². The van der Waals surface area contributed by atoms with E-state index in [1.54, 1.807) is 24.5 Å². The van der Waals surface area contributed by atoms with Crippen LogP contribution in [0, 0.1) is 29.6 Å². The maximum absolute atomic E-state index is 8.48. The third-order valence-electron chi connectivity index (χ3n) is 1.65. The minimum Gasteiger partial charge on any atom is -0.358 e. The van der Waals surface area contributed by atoms with Crippen LogP contribution in [0.25, 0.3) is 0 Å². The molecule has 1 aromatic rings. The fourth-order valence-electron chi connectivity index (χ4n) is 0.855. The zero-order chi connectivity index (χ0) is 10.4. The topological polar surface area (TPSA) is 72.5 Å². The quantitative estimate of drug-likeness (QED) is 0.710. The largest absolute Gasteiger partial charge is 0.358 e. The number of hydrogen-bond acceptors (Lipinski definition) is 4. The summed E-state index contributed by atoms with van der Waals surface area (Å²) in [4.78, 5) is 3.92. The standard InChI is InChI=1S/C10H8N4/c1-8-2-3-13-7-10(8)14-6-9(4-11)5-12/h2-3,6-7,14H,1H3. The highest BCUT2D eigenvalue weighted by molar-refractivity contribution is 5.52. The Morgan fingerprint density at radius 2 is 2.21 bits per heavy atom. The van der Waals surface area contributed by atoms with Crippen molar-refractivity contribution in [2.24, 2.45) is 0 Å². The summed E-state index contributed by atoms with van der Waals surface area (Å²) in [5.74, 6) is 0. The van der Waals surface area contributed by atoms with Crippen LogP contribution in [0.3, 0.4) is 0 Å². The average Bonchev–Trinajstić information content (AvgIpc) is 2.22. The molecule has 0 atom stereocenters. The lowest BCUT2D eigenvalue weighted by atomic mass is 10.2. The first-order valence-electron chi connectivity index (χ1n) is 3.95. The summed E-state index contributed by atoms with van der Waals surface area (Å²) >= 11 is 0. The number of rotatable bonds is 2. The van der Waals surface area contributed by atoms with Gasteiger partial charge in [0.2, 0.25) is 0 Å². The van der Waals surface area contributed by atoms with E-state index in [1.807, 2.05) is 13.0 Å². The predicted molar refractivity (Wildman–Crippen MR) is 51.9 cm³/mol. The van der Waals surface area contributed by atoms with Crippen molar-refractivity contribution in [3.05, 3.63) is 35.8 Å². The number of nitrogens with one attached hydrogen (secondary N) is 1. The second-order valence-corrected chi connectivity index (χ2v) is 2.62. The number of pyridine rings is 1. The van der Waals surface area contributed by atoms with Gasteiger partial charge in [-0.2, -0.15) is 10.5 Å². The Bertz CT molecular complexity index is 418. The van der Waals surface area contributed by atoms with Crippen molar-refractivity contribution in [1.82, 2.24) is 4.98 Å². The Hall–Kier alpha value is -2.33. The first kappa shape index (κ1) is 9.76. The molecule has 0 unspecified atom stereocenters. The van der Waals surface area contributed by atoms with Gasteiger partial charge in [-0.3, -0.25) is 4.98 Å². The van der Waals surface area contributed by atoms with Gasteiger partial charge in [0.15, 0.2) is 0 Å². The molecular formula is C10H8N4. The van der Waals surface area contributed by atoms with Gasteiger partial charge in [-0.25, -0.2) is 0 Å². The molecule has 1 heterocycles. The first-order chi connectivity index (χ1) is 6.77. The van der Waals surface area contributed by atoms with Crippen LogP contribution in [0.4, 0.5) is 5.69 Å². The maximum Gasteiger partial charge on any atom is 0.145 e. The van der Waals surface area contributed by atoms with Crippen LogP contribution >= 0.6 is 0 Å². The van der Waals surface area contributed by atoms with Gasteiger partial charge in [0.1, 0.15) is 17.7 Å². The molecule has 0 saturated carbocycles. The summed E-state index contributed by atoms with van der Waals surface area (Å²) in [6.07, 6.45) is 4.68. The normalized spacial score (nSPS) is 8.21. The van der Waals surface area contributed by atoms with E-state index in [0.29, 0.717) is 0 Å². The summed E-state index contributed by atoms with van der Waals surface area (Å²) in [5.41, 5.74) is 1.83. The van der Waals surface area contributed by atoms with Crippen LogP contribution in [0.15, 0.2) is 30.2 Å². The van der Waals surface area contributed by atoms with Gasteiger partial charge in [0.25, 0.3) is 0 Å². The molecule has 4 heteroatoms. The highest BCUT2D eigenvalue weighted by Crippen LogP contribution is 2.11. The van der Waals surface area contributed by atoms with Crippen LogP contribution in [0.1, 0.15) is 5.56 Å². The van der Waals surface area contributed by atoms with E-state index < -0.39 is 0 Å². The monoisotopic (exact) mass is 184 g/mol. The Labute approximate surface area is 82.1 Å². The van der Waals surface area contributed by atoms with Crippen molar-refractivity contribution in [3.63, 3.8) is 0 Å². The molecule has 0 radical (unpaired) electrons. The first-order valence-corrected chi connectivity index (χ1v) is 3.95. The summed E-state index contributed by atoms with van der Waals surface area (Å²) in [6, 6.07) is 5.36. The third kappa shape index (κ3) is 2.33. The van der Waals surface area contributed by atoms with E-state index in [-0.39, 0.29) is 5.57 Å². The van der Waals surface area contributed by atoms with E-state index in [2.05, 4.69) is 10.3 Å². The summed E-state index contributed by atoms with van der Waals surface area (Å²) < 4.78 is 0. The van der Waals surface area contributed by atoms with Gasteiger partial charge < -0.3 is 5.32 Å². The molecule has 68 valence electrons. The second kappa shape index (κ2) is 4.64. The molecule has 1 aromatic heterocycles. The number of allylic oxidation sites excluding steroid dienone is 1. The fraction of sp³-hybridized carbons (Fsp3) is 0.100.